The van der Waals surface area contributed by atoms with Crippen molar-refractivity contribution in [3.8, 4) is 0 Å². The number of fused-ring (bicyclic) bond motifs is 1. The van der Waals surface area contributed by atoms with Crippen molar-refractivity contribution in [2.24, 2.45) is 5.73 Å². The SMILES string of the molecule is CS(=O)(=O)Cc1ccc(C(=O)Nc2sc3c(c2C(N)=O)CCCCC3)cc1. The van der Waals surface area contributed by atoms with Crippen LogP contribution in [0.4, 0.5) is 5.00 Å². The summed E-state index contributed by atoms with van der Waals surface area (Å²) >= 11 is 1.43. The fourth-order valence-corrected chi connectivity index (χ4v) is 5.41. The molecule has 1 aliphatic rings. The van der Waals surface area contributed by atoms with E-state index >= 15 is 0 Å². The number of nitrogens with one attached hydrogen (secondary N) is 1. The van der Waals surface area contributed by atoms with Gasteiger partial charge in [-0.2, -0.15) is 0 Å². The van der Waals surface area contributed by atoms with Crippen LogP contribution in [0.15, 0.2) is 24.3 Å². The Balaban J connectivity index is 1.83. The zero-order valence-corrected chi connectivity index (χ0v) is 16.7. The number of carbonyl (C=O) groups excluding carboxylic acids is 2. The predicted molar refractivity (Wildman–Crippen MR) is 107 cm³/mol. The van der Waals surface area contributed by atoms with Gasteiger partial charge in [0.05, 0.1) is 11.3 Å². The summed E-state index contributed by atoms with van der Waals surface area (Å²) in [5, 5.41) is 3.31. The van der Waals surface area contributed by atoms with Gasteiger partial charge in [0.25, 0.3) is 11.8 Å². The molecule has 6 nitrogen and oxygen atoms in total. The van der Waals surface area contributed by atoms with E-state index in [-0.39, 0.29) is 11.7 Å². The van der Waals surface area contributed by atoms with Gasteiger partial charge in [-0.3, -0.25) is 9.59 Å². The van der Waals surface area contributed by atoms with Crippen LogP contribution < -0.4 is 11.1 Å². The average molecular weight is 407 g/mol. The summed E-state index contributed by atoms with van der Waals surface area (Å²) in [5.41, 5.74) is 8.01. The minimum Gasteiger partial charge on any atom is -0.365 e. The quantitative estimate of drug-likeness (QED) is 0.745. The van der Waals surface area contributed by atoms with Crippen LogP contribution >= 0.6 is 11.3 Å². The molecular formula is C19H22N2O4S2. The van der Waals surface area contributed by atoms with E-state index in [0.29, 0.717) is 21.7 Å². The first kappa shape index (κ1) is 19.6. The molecule has 0 saturated carbocycles. The number of amides is 2. The topological polar surface area (TPSA) is 106 Å². The Kier molecular flexibility index (Phi) is 5.67. The molecule has 0 spiro atoms. The molecule has 1 heterocycles. The average Bonchev–Trinajstić information content (AvgIpc) is 2.75. The molecule has 3 rings (SSSR count). The van der Waals surface area contributed by atoms with E-state index in [1.807, 2.05) is 0 Å². The lowest BCUT2D eigenvalue weighted by molar-refractivity contribution is 0.100. The molecule has 0 aliphatic heterocycles. The molecule has 0 bridgehead atoms. The van der Waals surface area contributed by atoms with Crippen molar-refractivity contribution >= 4 is 38.0 Å². The van der Waals surface area contributed by atoms with Crippen LogP contribution in [0, 0.1) is 0 Å². The Labute approximate surface area is 162 Å². The summed E-state index contributed by atoms with van der Waals surface area (Å²) in [5.74, 6) is -0.939. The minimum absolute atomic E-state index is 0.0711. The first-order valence-electron chi connectivity index (χ1n) is 8.77. The highest BCUT2D eigenvalue weighted by Crippen LogP contribution is 2.37. The molecule has 2 amide bonds. The predicted octanol–water partition coefficient (Wildman–Crippen LogP) is 2.91. The standard InChI is InChI=1S/C19H22N2O4S2/c1-27(24,25)11-12-7-9-13(10-8-12)18(23)21-19-16(17(20)22)14-5-3-2-4-6-15(14)26-19/h7-10H,2-6,11H2,1H3,(H2,20,22)(H,21,23). The normalized spacial score (nSPS) is 14.3. The Morgan fingerprint density at radius 3 is 2.41 bits per heavy atom. The van der Waals surface area contributed by atoms with Gasteiger partial charge in [0.1, 0.15) is 5.00 Å². The molecule has 3 N–H and O–H groups in total. The van der Waals surface area contributed by atoms with Crippen LogP contribution in [0.5, 0.6) is 0 Å². The maximum Gasteiger partial charge on any atom is 0.256 e. The second-order valence-corrected chi connectivity index (χ2v) is 10.1. The van der Waals surface area contributed by atoms with Gasteiger partial charge < -0.3 is 11.1 Å². The van der Waals surface area contributed by atoms with Crippen molar-refractivity contribution in [2.75, 3.05) is 11.6 Å². The molecule has 2 aromatic rings. The maximum absolute atomic E-state index is 12.6. The van der Waals surface area contributed by atoms with Crippen molar-refractivity contribution in [1.29, 1.82) is 0 Å². The molecule has 1 aliphatic carbocycles. The molecule has 0 unspecified atom stereocenters. The Bertz CT molecular complexity index is 976. The molecule has 1 aromatic carbocycles. The Morgan fingerprint density at radius 2 is 1.78 bits per heavy atom. The van der Waals surface area contributed by atoms with E-state index in [2.05, 4.69) is 5.32 Å². The van der Waals surface area contributed by atoms with Crippen molar-refractivity contribution < 1.29 is 18.0 Å². The largest absolute Gasteiger partial charge is 0.365 e. The van der Waals surface area contributed by atoms with Gasteiger partial charge in [-0.05, 0) is 48.9 Å². The smallest absolute Gasteiger partial charge is 0.256 e. The van der Waals surface area contributed by atoms with E-state index in [4.69, 9.17) is 5.73 Å². The number of rotatable bonds is 5. The van der Waals surface area contributed by atoms with Crippen LogP contribution in [0.25, 0.3) is 0 Å². The molecule has 0 fully saturated rings. The fraction of sp³-hybridized carbons (Fsp3) is 0.368. The summed E-state index contributed by atoms with van der Waals surface area (Å²) in [4.78, 5) is 25.7. The summed E-state index contributed by atoms with van der Waals surface area (Å²) in [7, 11) is -3.13. The monoisotopic (exact) mass is 406 g/mol. The van der Waals surface area contributed by atoms with E-state index < -0.39 is 15.7 Å². The number of hydrogen-bond acceptors (Lipinski definition) is 5. The number of thiophene rings is 1. The number of nitrogens with two attached hydrogens (primary N) is 1. The number of aryl methyl sites for hydroxylation is 1. The van der Waals surface area contributed by atoms with E-state index in [0.717, 1.165) is 42.5 Å². The number of carbonyl (C=O) groups is 2. The molecule has 0 saturated heterocycles. The third-order valence-electron chi connectivity index (χ3n) is 4.54. The zero-order valence-electron chi connectivity index (χ0n) is 15.1. The van der Waals surface area contributed by atoms with Crippen molar-refractivity contribution in [3.63, 3.8) is 0 Å². The van der Waals surface area contributed by atoms with E-state index in [1.54, 1.807) is 24.3 Å². The van der Waals surface area contributed by atoms with Crippen LogP contribution in [-0.4, -0.2) is 26.5 Å². The maximum atomic E-state index is 12.6. The van der Waals surface area contributed by atoms with Crippen molar-refractivity contribution in [1.82, 2.24) is 0 Å². The Morgan fingerprint density at radius 1 is 1.11 bits per heavy atom. The van der Waals surface area contributed by atoms with Crippen molar-refractivity contribution in [2.45, 2.75) is 37.9 Å². The molecule has 0 radical (unpaired) electrons. The van der Waals surface area contributed by atoms with Crippen LogP contribution in [0.1, 0.15) is 56.0 Å². The Hall–Kier alpha value is -2.19. The summed E-state index contributed by atoms with van der Waals surface area (Å²) < 4.78 is 22.7. The van der Waals surface area contributed by atoms with Gasteiger partial charge in [-0.1, -0.05) is 18.6 Å². The van der Waals surface area contributed by atoms with Crippen LogP contribution in [0.2, 0.25) is 0 Å². The van der Waals surface area contributed by atoms with Gasteiger partial charge in [0, 0.05) is 16.7 Å². The minimum atomic E-state index is -3.13. The van der Waals surface area contributed by atoms with Gasteiger partial charge in [-0.15, -0.1) is 11.3 Å². The van der Waals surface area contributed by atoms with E-state index in [1.165, 1.54) is 17.6 Å². The number of primary amides is 1. The molecular weight excluding hydrogens is 384 g/mol. The first-order chi connectivity index (χ1) is 12.7. The lowest BCUT2D eigenvalue weighted by atomic mass is 10.1. The molecule has 27 heavy (non-hydrogen) atoms. The summed E-state index contributed by atoms with van der Waals surface area (Å²) in [6.07, 6.45) is 6.08. The second-order valence-electron chi connectivity index (χ2n) is 6.85. The van der Waals surface area contributed by atoms with Crippen LogP contribution in [-0.2, 0) is 28.4 Å². The third-order valence-corrected chi connectivity index (χ3v) is 6.60. The highest BCUT2D eigenvalue weighted by molar-refractivity contribution is 7.89. The second kappa shape index (κ2) is 7.82. The fourth-order valence-electron chi connectivity index (χ4n) is 3.32. The highest BCUT2D eigenvalue weighted by atomic mass is 32.2. The molecule has 8 heteroatoms. The van der Waals surface area contributed by atoms with Crippen LogP contribution in [0.3, 0.4) is 0 Å². The van der Waals surface area contributed by atoms with Gasteiger partial charge >= 0.3 is 0 Å². The molecule has 144 valence electrons. The first-order valence-corrected chi connectivity index (χ1v) is 11.6. The number of benzene rings is 1. The molecule has 0 atom stereocenters. The molecule has 1 aromatic heterocycles. The zero-order chi connectivity index (χ0) is 19.6. The van der Waals surface area contributed by atoms with Gasteiger partial charge in [-0.25, -0.2) is 8.42 Å². The van der Waals surface area contributed by atoms with Gasteiger partial charge in [0.2, 0.25) is 0 Å². The lowest BCUT2D eigenvalue weighted by Gasteiger charge is -2.07. The van der Waals surface area contributed by atoms with E-state index in [9.17, 15) is 18.0 Å². The number of anilines is 1. The highest BCUT2D eigenvalue weighted by Gasteiger charge is 2.24. The number of sulfone groups is 1. The van der Waals surface area contributed by atoms with Gasteiger partial charge in [0.15, 0.2) is 9.84 Å². The summed E-state index contributed by atoms with van der Waals surface area (Å²) in [6.45, 7) is 0. The summed E-state index contributed by atoms with van der Waals surface area (Å²) in [6, 6.07) is 6.40. The third kappa shape index (κ3) is 4.75. The lowest BCUT2D eigenvalue weighted by Crippen LogP contribution is -2.18. The number of hydrogen-bond donors (Lipinski definition) is 2. The van der Waals surface area contributed by atoms with Crippen molar-refractivity contribution in [3.05, 3.63) is 51.4 Å².